The number of aromatic nitrogens is 2. The van der Waals surface area contributed by atoms with Gasteiger partial charge < -0.3 is 9.42 Å². The minimum Gasteiger partial charge on any atom is -0.351 e. The maximum absolute atomic E-state index is 12.6. The topological polar surface area (TPSA) is 59.2 Å². The third kappa shape index (κ3) is 2.47. The van der Waals surface area contributed by atoms with E-state index in [1.807, 2.05) is 24.1 Å². The van der Waals surface area contributed by atoms with Crippen LogP contribution in [0.4, 0.5) is 0 Å². The molecule has 0 bridgehead atoms. The summed E-state index contributed by atoms with van der Waals surface area (Å²) in [6, 6.07) is 1.77. The Hall–Kier alpha value is -1.69. The van der Waals surface area contributed by atoms with E-state index < -0.39 is 0 Å². The zero-order chi connectivity index (χ0) is 14.1. The quantitative estimate of drug-likeness (QED) is 0.853. The van der Waals surface area contributed by atoms with Gasteiger partial charge in [0.1, 0.15) is 5.01 Å². The van der Waals surface area contributed by atoms with Crippen molar-refractivity contribution in [2.45, 2.75) is 39.2 Å². The second-order valence-electron chi connectivity index (χ2n) is 5.17. The lowest BCUT2D eigenvalue weighted by atomic mass is 10.0. The summed E-state index contributed by atoms with van der Waals surface area (Å²) in [4.78, 5) is 19.0. The summed E-state index contributed by atoms with van der Waals surface area (Å²) in [5.41, 5.74) is 1.74. The van der Waals surface area contributed by atoms with Crippen LogP contribution < -0.4 is 0 Å². The van der Waals surface area contributed by atoms with Crippen LogP contribution in [-0.2, 0) is 0 Å². The Balaban J connectivity index is 1.87. The number of carbonyl (C=O) groups is 1. The minimum absolute atomic E-state index is 0.0698. The van der Waals surface area contributed by atoms with Gasteiger partial charge >= 0.3 is 0 Å². The molecular formula is C14H17N3O2S. The van der Waals surface area contributed by atoms with Gasteiger partial charge in [-0.05, 0) is 33.1 Å². The van der Waals surface area contributed by atoms with Crippen LogP contribution in [0.1, 0.15) is 52.3 Å². The van der Waals surface area contributed by atoms with Crippen molar-refractivity contribution in [3.05, 3.63) is 33.6 Å². The van der Waals surface area contributed by atoms with Crippen molar-refractivity contribution in [1.29, 1.82) is 0 Å². The number of hydrogen-bond acceptors (Lipinski definition) is 5. The van der Waals surface area contributed by atoms with Crippen LogP contribution in [0.3, 0.4) is 0 Å². The molecule has 1 aliphatic rings. The Morgan fingerprint density at radius 3 is 2.90 bits per heavy atom. The highest BCUT2D eigenvalue weighted by Gasteiger charge is 2.32. The first-order valence-corrected chi connectivity index (χ1v) is 7.69. The highest BCUT2D eigenvalue weighted by Crippen LogP contribution is 2.33. The summed E-state index contributed by atoms with van der Waals surface area (Å²) < 4.78 is 5.11. The summed E-state index contributed by atoms with van der Waals surface area (Å²) in [7, 11) is 0. The predicted molar refractivity (Wildman–Crippen MR) is 75.7 cm³/mol. The third-order valence-electron chi connectivity index (χ3n) is 3.52. The van der Waals surface area contributed by atoms with Gasteiger partial charge in [0.15, 0.2) is 0 Å². The molecule has 0 radical (unpaired) electrons. The van der Waals surface area contributed by atoms with Crippen LogP contribution in [0, 0.1) is 13.8 Å². The van der Waals surface area contributed by atoms with Gasteiger partial charge in [0.2, 0.25) is 5.76 Å². The van der Waals surface area contributed by atoms with Crippen LogP contribution in [0.2, 0.25) is 0 Å². The van der Waals surface area contributed by atoms with E-state index in [0.29, 0.717) is 5.76 Å². The largest absolute Gasteiger partial charge is 0.351 e. The summed E-state index contributed by atoms with van der Waals surface area (Å²) in [6.45, 7) is 4.55. The number of nitrogens with zero attached hydrogens (tertiary/aromatic N) is 3. The molecule has 0 saturated carbocycles. The van der Waals surface area contributed by atoms with Crippen molar-refractivity contribution in [2.24, 2.45) is 0 Å². The molecule has 20 heavy (non-hydrogen) atoms. The van der Waals surface area contributed by atoms with Gasteiger partial charge in [0, 0.05) is 23.7 Å². The van der Waals surface area contributed by atoms with E-state index in [0.717, 1.165) is 42.2 Å². The fourth-order valence-electron chi connectivity index (χ4n) is 2.56. The number of likely N-dealkylation sites (tertiary alicyclic amines) is 1. The molecule has 3 rings (SSSR count). The lowest BCUT2D eigenvalue weighted by Gasteiger charge is -2.33. The summed E-state index contributed by atoms with van der Waals surface area (Å²) >= 11 is 1.63. The Bertz CT molecular complexity index is 619. The molecule has 0 aliphatic carbocycles. The molecule has 1 amide bonds. The van der Waals surface area contributed by atoms with Gasteiger partial charge in [-0.1, -0.05) is 5.16 Å². The number of carbonyl (C=O) groups excluding carboxylic acids is 1. The highest BCUT2D eigenvalue weighted by atomic mass is 32.1. The Kier molecular flexibility index (Phi) is 3.56. The summed E-state index contributed by atoms with van der Waals surface area (Å²) in [5, 5.41) is 6.85. The molecule has 1 aliphatic heterocycles. The van der Waals surface area contributed by atoms with Crippen molar-refractivity contribution in [1.82, 2.24) is 15.0 Å². The molecule has 1 unspecified atom stereocenters. The standard InChI is InChI=1S/C14H17N3O2S/c1-9-7-12(19-16-9)14(18)17-6-4-3-5-11(17)13-15-10(2)8-20-13/h7-8,11H,3-6H2,1-2H3. The molecule has 6 heteroatoms. The van der Waals surface area contributed by atoms with Gasteiger partial charge in [-0.2, -0.15) is 0 Å². The van der Waals surface area contributed by atoms with Crippen LogP contribution in [0.5, 0.6) is 0 Å². The number of hydrogen-bond donors (Lipinski definition) is 0. The Morgan fingerprint density at radius 2 is 2.25 bits per heavy atom. The first-order valence-electron chi connectivity index (χ1n) is 6.81. The fraction of sp³-hybridized carbons (Fsp3) is 0.500. The molecule has 0 aromatic carbocycles. The number of amides is 1. The van der Waals surface area contributed by atoms with Crippen molar-refractivity contribution in [3.63, 3.8) is 0 Å². The van der Waals surface area contributed by atoms with E-state index in [9.17, 15) is 4.79 Å². The maximum Gasteiger partial charge on any atom is 0.293 e. The predicted octanol–water partition coefficient (Wildman–Crippen LogP) is 3.12. The molecule has 5 nitrogen and oxygen atoms in total. The van der Waals surface area contributed by atoms with Gasteiger partial charge in [-0.25, -0.2) is 4.98 Å². The molecule has 2 aromatic heterocycles. The molecule has 0 spiro atoms. The second-order valence-corrected chi connectivity index (χ2v) is 6.06. The normalized spacial score (nSPS) is 19.3. The number of rotatable bonds is 2. The molecule has 1 atom stereocenters. The van der Waals surface area contributed by atoms with E-state index in [1.165, 1.54) is 0 Å². The SMILES string of the molecule is Cc1cc(C(=O)N2CCCCC2c2nc(C)cs2)on1. The van der Waals surface area contributed by atoms with Gasteiger partial charge in [0.05, 0.1) is 11.7 Å². The smallest absolute Gasteiger partial charge is 0.293 e. The van der Waals surface area contributed by atoms with Crippen LogP contribution in [0.15, 0.2) is 16.0 Å². The van der Waals surface area contributed by atoms with Crippen LogP contribution >= 0.6 is 11.3 Å². The van der Waals surface area contributed by atoms with Crippen molar-refractivity contribution in [3.8, 4) is 0 Å². The van der Waals surface area contributed by atoms with E-state index in [-0.39, 0.29) is 11.9 Å². The zero-order valence-corrected chi connectivity index (χ0v) is 12.4. The molecule has 1 saturated heterocycles. The van der Waals surface area contributed by atoms with E-state index in [1.54, 1.807) is 17.4 Å². The number of thiazole rings is 1. The molecule has 3 heterocycles. The minimum atomic E-state index is -0.0804. The number of aryl methyl sites for hydroxylation is 2. The molecule has 1 fully saturated rings. The van der Waals surface area contributed by atoms with Crippen molar-refractivity contribution >= 4 is 17.2 Å². The van der Waals surface area contributed by atoms with Crippen LogP contribution in [0.25, 0.3) is 0 Å². The van der Waals surface area contributed by atoms with E-state index >= 15 is 0 Å². The zero-order valence-electron chi connectivity index (χ0n) is 11.6. The highest BCUT2D eigenvalue weighted by molar-refractivity contribution is 7.09. The van der Waals surface area contributed by atoms with E-state index in [4.69, 9.17) is 4.52 Å². The lowest BCUT2D eigenvalue weighted by Crippen LogP contribution is -2.38. The van der Waals surface area contributed by atoms with Crippen LogP contribution in [-0.4, -0.2) is 27.5 Å². The third-order valence-corrected chi connectivity index (χ3v) is 4.59. The van der Waals surface area contributed by atoms with Gasteiger partial charge in [0.25, 0.3) is 5.91 Å². The van der Waals surface area contributed by atoms with Gasteiger partial charge in [-0.3, -0.25) is 4.79 Å². The summed E-state index contributed by atoms with van der Waals surface area (Å²) in [6.07, 6.45) is 3.12. The lowest BCUT2D eigenvalue weighted by molar-refractivity contribution is 0.0569. The average Bonchev–Trinajstić information content (AvgIpc) is 3.07. The van der Waals surface area contributed by atoms with Crippen molar-refractivity contribution in [2.75, 3.05) is 6.54 Å². The first kappa shape index (κ1) is 13.3. The monoisotopic (exact) mass is 291 g/mol. The van der Waals surface area contributed by atoms with Crippen molar-refractivity contribution < 1.29 is 9.32 Å². The molecular weight excluding hydrogens is 274 g/mol. The first-order chi connectivity index (χ1) is 9.65. The summed E-state index contributed by atoms with van der Waals surface area (Å²) in [5.74, 6) is 0.242. The van der Waals surface area contributed by atoms with Gasteiger partial charge in [-0.15, -0.1) is 11.3 Å². The maximum atomic E-state index is 12.6. The average molecular weight is 291 g/mol. The Morgan fingerprint density at radius 1 is 1.40 bits per heavy atom. The van der Waals surface area contributed by atoms with E-state index in [2.05, 4.69) is 10.1 Å². The molecule has 2 aromatic rings. The molecule has 0 N–H and O–H groups in total. The second kappa shape index (κ2) is 5.36. The number of piperidine rings is 1. The fourth-order valence-corrected chi connectivity index (χ4v) is 3.51. The molecule has 106 valence electrons. The Labute approximate surface area is 121 Å².